The molecule has 1 fully saturated rings. The Bertz CT molecular complexity index is 1030. The number of pyridine rings is 1. The molecule has 0 atom stereocenters. The lowest BCUT2D eigenvalue weighted by Crippen LogP contribution is -2.46. The predicted molar refractivity (Wildman–Crippen MR) is 117 cm³/mol. The number of nitriles is 1. The molecule has 1 aromatic heterocycles. The molecule has 0 spiro atoms. The lowest BCUT2D eigenvalue weighted by atomic mass is 10.1. The van der Waals surface area contributed by atoms with Crippen LogP contribution in [-0.2, 0) is 6.54 Å². The van der Waals surface area contributed by atoms with Gasteiger partial charge in [0.25, 0.3) is 0 Å². The maximum atomic E-state index is 9.86. The van der Waals surface area contributed by atoms with E-state index >= 15 is 0 Å². The standard InChI is InChI=1S/C23H24N4S/c1-17-7-3-4-8-18(17)16-26-11-13-27(14-12-26)22-19-9-5-6-10-21(19)25-23(28-2)20(22)15-24/h3-10H,11-14,16H2,1-2H3. The van der Waals surface area contributed by atoms with E-state index in [-0.39, 0.29) is 0 Å². The Morgan fingerprint density at radius 3 is 2.46 bits per heavy atom. The van der Waals surface area contributed by atoms with Gasteiger partial charge in [0.05, 0.1) is 11.2 Å². The van der Waals surface area contributed by atoms with Crippen LogP contribution in [0.2, 0.25) is 0 Å². The summed E-state index contributed by atoms with van der Waals surface area (Å²) < 4.78 is 0. The van der Waals surface area contributed by atoms with Crippen LogP contribution < -0.4 is 4.90 Å². The number of aromatic nitrogens is 1. The van der Waals surface area contributed by atoms with Gasteiger partial charge in [0.2, 0.25) is 0 Å². The van der Waals surface area contributed by atoms with Gasteiger partial charge < -0.3 is 4.90 Å². The van der Waals surface area contributed by atoms with Crippen LogP contribution in [-0.4, -0.2) is 42.3 Å². The minimum absolute atomic E-state index is 0.707. The van der Waals surface area contributed by atoms with Gasteiger partial charge in [0.1, 0.15) is 16.7 Å². The number of benzene rings is 2. The summed E-state index contributed by atoms with van der Waals surface area (Å²) in [5, 5.41) is 11.7. The Labute approximate surface area is 170 Å². The molecule has 0 saturated carbocycles. The minimum atomic E-state index is 0.707. The van der Waals surface area contributed by atoms with Crippen molar-refractivity contribution in [3.05, 3.63) is 65.2 Å². The number of hydrogen-bond donors (Lipinski definition) is 0. The molecule has 0 bridgehead atoms. The summed E-state index contributed by atoms with van der Waals surface area (Å²) in [6.07, 6.45) is 1.99. The van der Waals surface area contributed by atoms with Crippen molar-refractivity contribution in [2.45, 2.75) is 18.5 Å². The van der Waals surface area contributed by atoms with Gasteiger partial charge in [-0.05, 0) is 30.4 Å². The Hall–Kier alpha value is -2.55. The van der Waals surface area contributed by atoms with E-state index < -0.39 is 0 Å². The maximum Gasteiger partial charge on any atom is 0.116 e. The molecule has 5 heteroatoms. The fraction of sp³-hybridized carbons (Fsp3) is 0.304. The smallest absolute Gasteiger partial charge is 0.116 e. The third kappa shape index (κ3) is 3.58. The Balaban J connectivity index is 1.60. The number of nitrogens with zero attached hydrogens (tertiary/aromatic N) is 4. The highest BCUT2D eigenvalue weighted by molar-refractivity contribution is 7.98. The van der Waals surface area contributed by atoms with Crippen molar-refractivity contribution < 1.29 is 0 Å². The summed E-state index contributed by atoms with van der Waals surface area (Å²) in [5.74, 6) is 0. The first kappa shape index (κ1) is 18.8. The van der Waals surface area contributed by atoms with Gasteiger partial charge in [0, 0.05) is 38.1 Å². The largest absolute Gasteiger partial charge is 0.367 e. The van der Waals surface area contributed by atoms with Crippen molar-refractivity contribution >= 4 is 28.4 Å². The average molecular weight is 389 g/mol. The van der Waals surface area contributed by atoms with Crippen LogP contribution in [0.4, 0.5) is 5.69 Å². The summed E-state index contributed by atoms with van der Waals surface area (Å²) >= 11 is 1.55. The average Bonchev–Trinajstić information content (AvgIpc) is 2.74. The van der Waals surface area contributed by atoms with E-state index in [0.717, 1.165) is 54.3 Å². The van der Waals surface area contributed by atoms with E-state index in [0.29, 0.717) is 5.56 Å². The van der Waals surface area contributed by atoms with E-state index in [4.69, 9.17) is 4.98 Å². The molecule has 4 nitrogen and oxygen atoms in total. The number of piperazine rings is 1. The van der Waals surface area contributed by atoms with Crippen LogP contribution in [0, 0.1) is 18.3 Å². The van der Waals surface area contributed by atoms with E-state index in [1.807, 2.05) is 24.5 Å². The summed E-state index contributed by atoms with van der Waals surface area (Å²) in [6.45, 7) is 6.98. The van der Waals surface area contributed by atoms with Crippen LogP contribution in [0.1, 0.15) is 16.7 Å². The van der Waals surface area contributed by atoms with Gasteiger partial charge in [0.15, 0.2) is 0 Å². The first-order valence-electron chi connectivity index (χ1n) is 9.60. The number of aryl methyl sites for hydroxylation is 1. The van der Waals surface area contributed by atoms with Crippen LogP contribution >= 0.6 is 11.8 Å². The quantitative estimate of drug-likeness (QED) is 0.618. The molecule has 28 heavy (non-hydrogen) atoms. The third-order valence-corrected chi connectivity index (χ3v) is 6.16. The predicted octanol–water partition coefficient (Wildman–Crippen LogP) is 4.46. The SMILES string of the molecule is CSc1nc2ccccc2c(N2CCN(Cc3ccccc3C)CC2)c1C#N. The highest BCUT2D eigenvalue weighted by atomic mass is 32.2. The minimum Gasteiger partial charge on any atom is -0.367 e. The van der Waals surface area contributed by atoms with Crippen molar-refractivity contribution in [3.8, 4) is 6.07 Å². The molecular weight excluding hydrogens is 364 g/mol. The normalized spacial score (nSPS) is 15.0. The van der Waals surface area contributed by atoms with Gasteiger partial charge >= 0.3 is 0 Å². The van der Waals surface area contributed by atoms with Gasteiger partial charge in [-0.15, -0.1) is 11.8 Å². The monoisotopic (exact) mass is 388 g/mol. The maximum absolute atomic E-state index is 9.86. The third-order valence-electron chi connectivity index (χ3n) is 5.48. The van der Waals surface area contributed by atoms with E-state index in [1.165, 1.54) is 11.1 Å². The van der Waals surface area contributed by atoms with Crippen molar-refractivity contribution in [1.29, 1.82) is 5.26 Å². The first-order valence-corrected chi connectivity index (χ1v) is 10.8. The van der Waals surface area contributed by atoms with E-state index in [1.54, 1.807) is 11.8 Å². The van der Waals surface area contributed by atoms with Crippen LogP contribution in [0.5, 0.6) is 0 Å². The molecule has 2 aromatic carbocycles. The Morgan fingerprint density at radius 1 is 1.04 bits per heavy atom. The van der Waals surface area contributed by atoms with Crippen LogP contribution in [0.25, 0.3) is 10.9 Å². The molecular formula is C23H24N4S. The number of thioether (sulfide) groups is 1. The second-order valence-corrected chi connectivity index (χ2v) is 7.96. The van der Waals surface area contributed by atoms with Crippen molar-refractivity contribution in [3.63, 3.8) is 0 Å². The lowest BCUT2D eigenvalue weighted by molar-refractivity contribution is 0.249. The zero-order valence-corrected chi connectivity index (χ0v) is 17.2. The molecule has 0 amide bonds. The van der Waals surface area contributed by atoms with Gasteiger partial charge in [-0.1, -0.05) is 42.5 Å². The Morgan fingerprint density at radius 2 is 1.75 bits per heavy atom. The Kier molecular flexibility index (Phi) is 5.52. The number of anilines is 1. The van der Waals surface area contributed by atoms with Gasteiger partial charge in [-0.2, -0.15) is 5.26 Å². The molecule has 142 valence electrons. The molecule has 0 radical (unpaired) electrons. The fourth-order valence-corrected chi connectivity index (χ4v) is 4.44. The number of para-hydroxylation sites is 1. The van der Waals surface area contributed by atoms with Gasteiger partial charge in [-0.25, -0.2) is 4.98 Å². The molecule has 1 saturated heterocycles. The van der Waals surface area contributed by atoms with E-state index in [2.05, 4.69) is 53.1 Å². The second-order valence-electron chi connectivity index (χ2n) is 7.16. The summed E-state index contributed by atoms with van der Waals surface area (Å²) in [5.41, 5.74) is 5.46. The highest BCUT2D eigenvalue weighted by Crippen LogP contribution is 2.35. The van der Waals surface area contributed by atoms with Gasteiger partial charge in [-0.3, -0.25) is 4.90 Å². The molecule has 1 aliphatic rings. The molecule has 0 N–H and O–H groups in total. The molecule has 4 rings (SSSR count). The number of rotatable bonds is 4. The molecule has 3 aromatic rings. The second kappa shape index (κ2) is 8.22. The highest BCUT2D eigenvalue weighted by Gasteiger charge is 2.24. The summed E-state index contributed by atoms with van der Waals surface area (Å²) in [7, 11) is 0. The van der Waals surface area contributed by atoms with Crippen LogP contribution in [0.15, 0.2) is 53.6 Å². The van der Waals surface area contributed by atoms with Crippen molar-refractivity contribution in [2.75, 3.05) is 37.3 Å². The topological polar surface area (TPSA) is 43.2 Å². The van der Waals surface area contributed by atoms with Crippen molar-refractivity contribution in [2.24, 2.45) is 0 Å². The summed E-state index contributed by atoms with van der Waals surface area (Å²) in [6, 6.07) is 19.2. The zero-order valence-electron chi connectivity index (χ0n) is 16.4. The molecule has 0 aliphatic carbocycles. The number of hydrogen-bond acceptors (Lipinski definition) is 5. The molecule has 0 unspecified atom stereocenters. The van der Waals surface area contributed by atoms with E-state index in [9.17, 15) is 5.26 Å². The fourth-order valence-electron chi connectivity index (χ4n) is 3.91. The molecule has 1 aliphatic heterocycles. The van der Waals surface area contributed by atoms with Crippen molar-refractivity contribution in [1.82, 2.24) is 9.88 Å². The lowest BCUT2D eigenvalue weighted by Gasteiger charge is -2.37. The van der Waals surface area contributed by atoms with Crippen LogP contribution in [0.3, 0.4) is 0 Å². The summed E-state index contributed by atoms with van der Waals surface area (Å²) in [4.78, 5) is 9.58. The zero-order chi connectivity index (χ0) is 19.5. The number of fused-ring (bicyclic) bond motifs is 1. The first-order chi connectivity index (χ1) is 13.7. The molecule has 2 heterocycles.